The number of hydrogen-bond donors (Lipinski definition) is 1. The van der Waals surface area contributed by atoms with E-state index in [-0.39, 0.29) is 24.3 Å². The van der Waals surface area contributed by atoms with Crippen molar-refractivity contribution in [3.8, 4) is 0 Å². The zero-order valence-electron chi connectivity index (χ0n) is 25.3. The van der Waals surface area contributed by atoms with Gasteiger partial charge in [0.1, 0.15) is 11.6 Å². The number of benzene rings is 1. The molecule has 3 saturated heterocycles. The first-order chi connectivity index (χ1) is 20.9. The van der Waals surface area contributed by atoms with Gasteiger partial charge in [0.05, 0.1) is 43.3 Å². The van der Waals surface area contributed by atoms with Crippen LogP contribution in [-0.4, -0.2) is 125 Å². The molecule has 0 radical (unpaired) electrons. The molecular formula is C33H44N4O6. The molecule has 1 aromatic rings. The van der Waals surface area contributed by atoms with Crippen molar-refractivity contribution in [2.24, 2.45) is 11.8 Å². The largest absolute Gasteiger partial charge is 0.394 e. The fourth-order valence-electron chi connectivity index (χ4n) is 7.84. The standard InChI is InChI=1S/C33H44N4O6/c1-3-25(23-38)37-28-31(41)35(17-16-34-18-20-42-21-19-34)14-9-13-33(28)27(30(37)40)26-29(39)36(22-24-10-6-5-7-11-24)15-8-12-32(26,4-2)43-33/h5-13,25-28,38H,3-4,14-23H2,1-2H3/t25-,26-,27-,28?,32+,33-/m0/s1. The van der Waals surface area contributed by atoms with Gasteiger partial charge in [-0.1, -0.05) is 68.5 Å². The van der Waals surface area contributed by atoms with Gasteiger partial charge in [-0.15, -0.1) is 0 Å². The molecule has 1 N–H and O–H groups in total. The van der Waals surface area contributed by atoms with Crippen LogP contribution < -0.4 is 0 Å². The van der Waals surface area contributed by atoms with Gasteiger partial charge >= 0.3 is 0 Å². The molecule has 232 valence electrons. The monoisotopic (exact) mass is 592 g/mol. The molecule has 5 aliphatic rings. The number of ether oxygens (including phenoxy) is 2. The van der Waals surface area contributed by atoms with Crippen molar-refractivity contribution in [1.29, 1.82) is 0 Å². The maximum absolute atomic E-state index is 14.6. The summed E-state index contributed by atoms with van der Waals surface area (Å²) < 4.78 is 12.5. The van der Waals surface area contributed by atoms with Crippen molar-refractivity contribution in [2.75, 3.05) is 59.1 Å². The summed E-state index contributed by atoms with van der Waals surface area (Å²) in [6.07, 6.45) is 8.72. The number of amides is 3. The third-order valence-corrected chi connectivity index (χ3v) is 10.1. The van der Waals surface area contributed by atoms with E-state index in [1.54, 1.807) is 14.7 Å². The summed E-state index contributed by atoms with van der Waals surface area (Å²) in [5.41, 5.74) is -1.34. The topological polar surface area (TPSA) is 103 Å². The van der Waals surface area contributed by atoms with E-state index in [0.29, 0.717) is 58.8 Å². The molecule has 6 rings (SSSR count). The first-order valence-corrected chi connectivity index (χ1v) is 15.8. The molecule has 3 amide bonds. The van der Waals surface area contributed by atoms with Gasteiger partial charge in [0, 0.05) is 45.8 Å². The molecule has 10 nitrogen and oxygen atoms in total. The lowest BCUT2D eigenvalue weighted by atomic mass is 9.73. The van der Waals surface area contributed by atoms with Crippen molar-refractivity contribution in [3.05, 3.63) is 60.2 Å². The van der Waals surface area contributed by atoms with E-state index in [1.807, 2.05) is 68.5 Å². The second kappa shape index (κ2) is 12.1. The van der Waals surface area contributed by atoms with E-state index in [9.17, 15) is 19.5 Å². The van der Waals surface area contributed by atoms with Gasteiger partial charge in [0.2, 0.25) is 17.7 Å². The Labute approximate surface area is 253 Å². The highest BCUT2D eigenvalue weighted by Gasteiger charge is 2.75. The number of nitrogens with zero attached hydrogens (tertiary/aromatic N) is 4. The molecule has 6 atom stereocenters. The van der Waals surface area contributed by atoms with E-state index in [2.05, 4.69) is 4.90 Å². The van der Waals surface area contributed by atoms with Crippen LogP contribution in [0.3, 0.4) is 0 Å². The molecule has 1 spiro atoms. The van der Waals surface area contributed by atoms with E-state index < -0.39 is 35.1 Å². The number of likely N-dealkylation sites (tertiary alicyclic amines) is 1. The van der Waals surface area contributed by atoms with Crippen molar-refractivity contribution in [1.82, 2.24) is 19.6 Å². The SMILES string of the molecule is CC[C@@H](CO)N1C(=O)[C@@H]2[C@H]3C(=O)N(Cc4ccccc4)CC=C[C@@]3(CC)O[C@@]23C=CCN(CCN2CCOCC2)C(=O)C13. The van der Waals surface area contributed by atoms with Crippen molar-refractivity contribution >= 4 is 17.7 Å². The number of fused-ring (bicyclic) bond motifs is 2. The van der Waals surface area contributed by atoms with Gasteiger partial charge in [-0.3, -0.25) is 19.3 Å². The van der Waals surface area contributed by atoms with Crippen LogP contribution in [0, 0.1) is 11.8 Å². The predicted octanol–water partition coefficient (Wildman–Crippen LogP) is 1.45. The number of carbonyl (C=O) groups excluding carboxylic acids is 3. The summed E-state index contributed by atoms with van der Waals surface area (Å²) >= 11 is 0. The minimum absolute atomic E-state index is 0.141. The fourth-order valence-corrected chi connectivity index (χ4v) is 7.84. The first-order valence-electron chi connectivity index (χ1n) is 15.8. The number of aliphatic hydroxyl groups is 1. The van der Waals surface area contributed by atoms with Crippen LogP contribution >= 0.6 is 0 Å². The second-order valence-electron chi connectivity index (χ2n) is 12.4. The van der Waals surface area contributed by atoms with Crippen molar-refractivity contribution in [2.45, 2.75) is 56.5 Å². The summed E-state index contributed by atoms with van der Waals surface area (Å²) in [5.74, 6) is -2.30. The molecule has 0 aromatic heterocycles. The molecule has 0 saturated carbocycles. The summed E-state index contributed by atoms with van der Waals surface area (Å²) in [4.78, 5) is 51.2. The lowest BCUT2D eigenvalue weighted by Crippen LogP contribution is -2.59. The summed E-state index contributed by atoms with van der Waals surface area (Å²) in [5, 5.41) is 10.4. The molecule has 1 aromatic carbocycles. The van der Waals surface area contributed by atoms with Crippen molar-refractivity contribution < 1.29 is 29.0 Å². The van der Waals surface area contributed by atoms with Crippen molar-refractivity contribution in [3.63, 3.8) is 0 Å². The predicted molar refractivity (Wildman–Crippen MR) is 160 cm³/mol. The average molecular weight is 593 g/mol. The Morgan fingerprint density at radius 1 is 0.907 bits per heavy atom. The van der Waals surface area contributed by atoms with Crippen LogP contribution in [-0.2, 0) is 30.4 Å². The summed E-state index contributed by atoms with van der Waals surface area (Å²) in [7, 11) is 0. The van der Waals surface area contributed by atoms with Gasteiger partial charge in [-0.25, -0.2) is 0 Å². The molecule has 0 bridgehead atoms. The summed E-state index contributed by atoms with van der Waals surface area (Å²) in [6.45, 7) is 9.02. The number of carbonyl (C=O) groups is 3. The smallest absolute Gasteiger partial charge is 0.249 e. The Kier molecular flexibility index (Phi) is 8.48. The zero-order valence-corrected chi connectivity index (χ0v) is 25.3. The third-order valence-electron chi connectivity index (χ3n) is 10.1. The number of aliphatic hydroxyl groups excluding tert-OH is 1. The Hall–Kier alpha value is -3.05. The quantitative estimate of drug-likeness (QED) is 0.433. The minimum atomic E-state index is -1.32. The van der Waals surface area contributed by atoms with Gasteiger partial charge in [-0.2, -0.15) is 0 Å². The fraction of sp³-hybridized carbons (Fsp3) is 0.606. The third kappa shape index (κ3) is 5.02. The highest BCUT2D eigenvalue weighted by molar-refractivity contribution is 6.00. The Morgan fingerprint density at radius 2 is 1.63 bits per heavy atom. The molecular weight excluding hydrogens is 548 g/mol. The Bertz CT molecular complexity index is 1260. The molecule has 5 heterocycles. The zero-order chi connectivity index (χ0) is 30.2. The van der Waals surface area contributed by atoms with Crippen LogP contribution in [0.25, 0.3) is 0 Å². The lowest BCUT2D eigenvalue weighted by molar-refractivity contribution is -0.157. The number of hydrogen-bond acceptors (Lipinski definition) is 7. The Balaban J connectivity index is 1.38. The van der Waals surface area contributed by atoms with E-state index in [1.165, 1.54) is 0 Å². The maximum atomic E-state index is 14.6. The summed E-state index contributed by atoms with van der Waals surface area (Å²) in [6, 6.07) is 8.30. The minimum Gasteiger partial charge on any atom is -0.394 e. The second-order valence-corrected chi connectivity index (χ2v) is 12.4. The van der Waals surface area contributed by atoms with E-state index in [4.69, 9.17) is 9.47 Å². The first kappa shape index (κ1) is 30.0. The van der Waals surface area contributed by atoms with Gasteiger partial charge < -0.3 is 29.3 Å². The van der Waals surface area contributed by atoms with E-state index in [0.717, 1.165) is 18.7 Å². The molecule has 3 fully saturated rings. The lowest BCUT2D eigenvalue weighted by Gasteiger charge is -2.41. The molecule has 43 heavy (non-hydrogen) atoms. The van der Waals surface area contributed by atoms with Gasteiger partial charge in [0.25, 0.3) is 0 Å². The molecule has 1 unspecified atom stereocenters. The Morgan fingerprint density at radius 3 is 2.33 bits per heavy atom. The van der Waals surface area contributed by atoms with Crippen LogP contribution in [0.1, 0.15) is 32.3 Å². The van der Waals surface area contributed by atoms with Crippen LogP contribution in [0.15, 0.2) is 54.6 Å². The van der Waals surface area contributed by atoms with Gasteiger partial charge in [-0.05, 0) is 18.4 Å². The highest BCUT2D eigenvalue weighted by Crippen LogP contribution is 2.59. The molecule has 10 heteroatoms. The maximum Gasteiger partial charge on any atom is 0.249 e. The molecule has 5 aliphatic heterocycles. The normalized spacial score (nSPS) is 33.3. The average Bonchev–Trinajstić information content (AvgIpc) is 3.33. The van der Waals surface area contributed by atoms with Crippen LogP contribution in [0.4, 0.5) is 0 Å². The molecule has 0 aliphatic carbocycles. The number of morpholine rings is 1. The van der Waals surface area contributed by atoms with Crippen LogP contribution in [0.5, 0.6) is 0 Å². The highest BCUT2D eigenvalue weighted by atomic mass is 16.5. The van der Waals surface area contributed by atoms with Gasteiger partial charge in [0.15, 0.2) is 0 Å². The van der Waals surface area contributed by atoms with E-state index >= 15 is 0 Å². The van der Waals surface area contributed by atoms with Crippen LogP contribution in [0.2, 0.25) is 0 Å². The number of rotatable bonds is 9.